The summed E-state index contributed by atoms with van der Waals surface area (Å²) in [5.74, 6) is 0. The molecule has 2 rings (SSSR count). The summed E-state index contributed by atoms with van der Waals surface area (Å²) in [6, 6.07) is 12.3. The van der Waals surface area contributed by atoms with Crippen LogP contribution in [0.2, 0.25) is 5.02 Å². The third kappa shape index (κ3) is 4.03. The number of non-ortho nitro benzene ring substituents is 1. The number of nitro benzene ring substituents is 1. The third-order valence-corrected chi connectivity index (χ3v) is 3.47. The van der Waals surface area contributed by atoms with Gasteiger partial charge in [-0.15, -0.1) is 0 Å². The molecule has 0 saturated heterocycles. The fourth-order valence-corrected chi connectivity index (χ4v) is 2.41. The van der Waals surface area contributed by atoms with Gasteiger partial charge in [-0.25, -0.2) is 0 Å². The Bertz CT molecular complexity index is 644. The van der Waals surface area contributed by atoms with E-state index in [0.29, 0.717) is 5.02 Å². The van der Waals surface area contributed by atoms with Gasteiger partial charge >= 0.3 is 0 Å². The van der Waals surface area contributed by atoms with E-state index in [1.807, 2.05) is 24.3 Å². The Morgan fingerprint density at radius 1 is 1.24 bits per heavy atom. The van der Waals surface area contributed by atoms with Crippen LogP contribution in [0.3, 0.4) is 0 Å². The number of nitrogens with one attached hydrogen (secondary N) is 1. The molecule has 0 saturated carbocycles. The summed E-state index contributed by atoms with van der Waals surface area (Å²) in [5, 5.41) is 14.8. The molecule has 4 nitrogen and oxygen atoms in total. The second-order valence-corrected chi connectivity index (χ2v) is 5.21. The second kappa shape index (κ2) is 7.20. The highest BCUT2D eigenvalue weighted by atomic mass is 35.5. The molecule has 0 aliphatic carbocycles. The van der Waals surface area contributed by atoms with E-state index in [1.165, 1.54) is 12.1 Å². The summed E-state index contributed by atoms with van der Waals surface area (Å²) in [6.07, 6.45) is 1.08. The first kappa shape index (κ1) is 15.5. The number of rotatable bonds is 6. The Hall–Kier alpha value is -1.91. The lowest BCUT2D eigenvalue weighted by Crippen LogP contribution is -2.13. The van der Waals surface area contributed by atoms with E-state index < -0.39 is 4.92 Å². The van der Waals surface area contributed by atoms with Gasteiger partial charge < -0.3 is 5.32 Å². The molecule has 110 valence electrons. The van der Waals surface area contributed by atoms with Gasteiger partial charge in [0.15, 0.2) is 0 Å². The fraction of sp³-hybridized carbons (Fsp3) is 0.250. The zero-order valence-corrected chi connectivity index (χ0v) is 12.6. The van der Waals surface area contributed by atoms with Crippen molar-refractivity contribution in [2.45, 2.75) is 19.9 Å². The van der Waals surface area contributed by atoms with Crippen molar-refractivity contribution >= 4 is 17.3 Å². The van der Waals surface area contributed by atoms with E-state index in [4.69, 9.17) is 11.6 Å². The summed E-state index contributed by atoms with van der Waals surface area (Å²) in [5.41, 5.74) is 2.72. The molecular weight excluding hydrogens is 288 g/mol. The molecule has 0 aliphatic heterocycles. The van der Waals surface area contributed by atoms with Gasteiger partial charge in [-0.1, -0.05) is 42.8 Å². The molecule has 0 unspecified atom stereocenters. The van der Waals surface area contributed by atoms with Gasteiger partial charge in [0.1, 0.15) is 0 Å². The van der Waals surface area contributed by atoms with Crippen molar-refractivity contribution in [3.8, 4) is 11.1 Å². The van der Waals surface area contributed by atoms with Crippen molar-refractivity contribution in [1.29, 1.82) is 0 Å². The fourth-order valence-electron chi connectivity index (χ4n) is 2.10. The Labute approximate surface area is 128 Å². The molecule has 0 bridgehead atoms. The maximum absolute atomic E-state index is 10.8. The topological polar surface area (TPSA) is 55.2 Å². The highest BCUT2D eigenvalue weighted by Gasteiger charge is 2.10. The average molecular weight is 305 g/mol. The van der Waals surface area contributed by atoms with E-state index >= 15 is 0 Å². The molecule has 0 radical (unpaired) electrons. The van der Waals surface area contributed by atoms with Crippen LogP contribution in [-0.2, 0) is 6.54 Å². The van der Waals surface area contributed by atoms with Gasteiger partial charge in [-0.3, -0.25) is 10.1 Å². The maximum atomic E-state index is 10.8. The van der Waals surface area contributed by atoms with Gasteiger partial charge in [-0.2, -0.15) is 0 Å². The van der Waals surface area contributed by atoms with Crippen molar-refractivity contribution in [1.82, 2.24) is 5.32 Å². The Kier molecular flexibility index (Phi) is 5.31. The minimum absolute atomic E-state index is 0.0669. The number of hydrogen-bond acceptors (Lipinski definition) is 3. The zero-order valence-electron chi connectivity index (χ0n) is 11.8. The minimum Gasteiger partial charge on any atom is -0.313 e. The first-order valence-electron chi connectivity index (χ1n) is 6.85. The lowest BCUT2D eigenvalue weighted by molar-refractivity contribution is -0.384. The molecule has 0 atom stereocenters. The first-order chi connectivity index (χ1) is 10.1. The van der Waals surface area contributed by atoms with Crippen LogP contribution < -0.4 is 5.32 Å². The normalized spacial score (nSPS) is 10.6. The molecule has 2 aromatic rings. The van der Waals surface area contributed by atoms with Crippen LogP contribution in [0, 0.1) is 10.1 Å². The van der Waals surface area contributed by atoms with Crippen LogP contribution in [0.25, 0.3) is 11.1 Å². The van der Waals surface area contributed by atoms with E-state index in [1.54, 1.807) is 6.07 Å². The summed E-state index contributed by atoms with van der Waals surface area (Å²) in [7, 11) is 0. The smallest absolute Gasteiger partial charge is 0.270 e. The van der Waals surface area contributed by atoms with Gasteiger partial charge in [0.25, 0.3) is 5.69 Å². The van der Waals surface area contributed by atoms with Crippen LogP contribution in [0.1, 0.15) is 18.9 Å². The molecule has 0 amide bonds. The summed E-state index contributed by atoms with van der Waals surface area (Å²) in [6.45, 7) is 3.85. The van der Waals surface area contributed by atoms with Crippen LogP contribution in [0.15, 0.2) is 42.5 Å². The number of halogens is 1. The molecule has 21 heavy (non-hydrogen) atoms. The summed E-state index contributed by atoms with van der Waals surface area (Å²) < 4.78 is 0. The first-order valence-corrected chi connectivity index (χ1v) is 7.23. The summed E-state index contributed by atoms with van der Waals surface area (Å²) in [4.78, 5) is 10.4. The van der Waals surface area contributed by atoms with Crippen molar-refractivity contribution in [2.75, 3.05) is 6.54 Å². The summed E-state index contributed by atoms with van der Waals surface area (Å²) >= 11 is 6.31. The van der Waals surface area contributed by atoms with Gasteiger partial charge in [-0.05, 0) is 30.2 Å². The molecule has 0 heterocycles. The van der Waals surface area contributed by atoms with Gasteiger partial charge in [0, 0.05) is 29.3 Å². The average Bonchev–Trinajstić information content (AvgIpc) is 2.48. The maximum Gasteiger partial charge on any atom is 0.270 e. The molecule has 0 fully saturated rings. The van der Waals surface area contributed by atoms with E-state index in [-0.39, 0.29) is 5.69 Å². The lowest BCUT2D eigenvalue weighted by atomic mass is 10.0. The van der Waals surface area contributed by atoms with Crippen LogP contribution in [0.4, 0.5) is 5.69 Å². The molecule has 2 aromatic carbocycles. The van der Waals surface area contributed by atoms with Crippen LogP contribution in [0.5, 0.6) is 0 Å². The predicted octanol–water partition coefficient (Wildman–Crippen LogP) is 4.41. The van der Waals surface area contributed by atoms with Crippen molar-refractivity contribution in [3.05, 3.63) is 63.2 Å². The molecular formula is C16H17ClN2O2. The number of hydrogen-bond donors (Lipinski definition) is 1. The second-order valence-electron chi connectivity index (χ2n) is 4.80. The van der Waals surface area contributed by atoms with E-state index in [0.717, 1.165) is 36.2 Å². The van der Waals surface area contributed by atoms with Crippen LogP contribution in [-0.4, -0.2) is 11.5 Å². The standard InChI is InChI=1S/C16H17ClN2O2/c1-2-8-18-11-12-6-7-15(16(17)9-12)13-4-3-5-14(10-13)19(20)21/h3-7,9-10,18H,2,8,11H2,1H3. The Morgan fingerprint density at radius 3 is 2.71 bits per heavy atom. The van der Waals surface area contributed by atoms with Crippen molar-refractivity contribution < 1.29 is 4.92 Å². The highest BCUT2D eigenvalue weighted by molar-refractivity contribution is 6.33. The molecule has 0 aromatic heterocycles. The molecule has 0 spiro atoms. The van der Waals surface area contributed by atoms with Crippen LogP contribution >= 0.6 is 11.6 Å². The Balaban J connectivity index is 2.24. The predicted molar refractivity (Wildman–Crippen MR) is 85.5 cm³/mol. The molecule has 1 N–H and O–H groups in total. The number of nitro groups is 1. The number of benzene rings is 2. The minimum atomic E-state index is -0.402. The van der Waals surface area contributed by atoms with Gasteiger partial charge in [0.05, 0.1) is 4.92 Å². The van der Waals surface area contributed by atoms with E-state index in [2.05, 4.69) is 12.2 Å². The SMILES string of the molecule is CCCNCc1ccc(-c2cccc([N+](=O)[O-])c2)c(Cl)c1. The zero-order chi connectivity index (χ0) is 15.2. The quantitative estimate of drug-likeness (QED) is 0.488. The third-order valence-electron chi connectivity index (χ3n) is 3.16. The monoisotopic (exact) mass is 304 g/mol. The Morgan fingerprint density at radius 2 is 2.05 bits per heavy atom. The van der Waals surface area contributed by atoms with Crippen molar-refractivity contribution in [3.63, 3.8) is 0 Å². The highest BCUT2D eigenvalue weighted by Crippen LogP contribution is 2.30. The molecule has 5 heteroatoms. The van der Waals surface area contributed by atoms with E-state index in [9.17, 15) is 10.1 Å². The largest absolute Gasteiger partial charge is 0.313 e. The van der Waals surface area contributed by atoms with Gasteiger partial charge in [0.2, 0.25) is 0 Å². The molecule has 0 aliphatic rings. The number of nitrogens with zero attached hydrogens (tertiary/aromatic N) is 1. The van der Waals surface area contributed by atoms with Crippen molar-refractivity contribution in [2.24, 2.45) is 0 Å². The lowest BCUT2D eigenvalue weighted by Gasteiger charge is -2.08.